The van der Waals surface area contributed by atoms with E-state index in [1.807, 2.05) is 47.4 Å². The van der Waals surface area contributed by atoms with E-state index in [1.54, 1.807) is 0 Å². The Morgan fingerprint density at radius 3 is 2.72 bits per heavy atom. The highest BCUT2D eigenvalue weighted by Crippen LogP contribution is 2.27. The third-order valence-electron chi connectivity index (χ3n) is 5.83. The first kappa shape index (κ1) is 19.5. The Kier molecular flexibility index (Phi) is 6.10. The summed E-state index contributed by atoms with van der Waals surface area (Å²) in [4.78, 5) is 27.0. The van der Waals surface area contributed by atoms with Gasteiger partial charge in [0.15, 0.2) is 0 Å². The Hall–Kier alpha value is -2.86. The number of carbonyl (C=O) groups is 2. The minimum atomic E-state index is -0.256. The maximum atomic E-state index is 12.7. The molecular formula is C23H28N4O2. The molecule has 2 aliphatic rings. The summed E-state index contributed by atoms with van der Waals surface area (Å²) in [6, 6.07) is 15.0. The molecule has 0 saturated carbocycles. The number of rotatable bonds is 5. The molecule has 0 aromatic heterocycles. The van der Waals surface area contributed by atoms with Gasteiger partial charge < -0.3 is 20.9 Å². The van der Waals surface area contributed by atoms with Crippen LogP contribution in [0.5, 0.6) is 0 Å². The Morgan fingerprint density at radius 2 is 1.93 bits per heavy atom. The standard InChI is InChI=1S/C23H28N4O2/c28-22(10-9-17-11-13-24-15-17)27-14-12-20-18(16-27)5-4-8-21(20)26-23(29)25-19-6-2-1-3-7-19/h1-8,17,24H,9-16H2,(H2,25,26,29). The van der Waals surface area contributed by atoms with Crippen molar-refractivity contribution in [2.75, 3.05) is 30.3 Å². The number of nitrogens with zero attached hydrogens (tertiary/aromatic N) is 1. The van der Waals surface area contributed by atoms with E-state index in [0.717, 1.165) is 48.4 Å². The molecule has 1 unspecified atom stereocenters. The smallest absolute Gasteiger partial charge is 0.323 e. The summed E-state index contributed by atoms with van der Waals surface area (Å²) in [6.45, 7) is 3.43. The summed E-state index contributed by atoms with van der Waals surface area (Å²) in [5, 5.41) is 9.17. The van der Waals surface area contributed by atoms with E-state index >= 15 is 0 Å². The van der Waals surface area contributed by atoms with E-state index in [4.69, 9.17) is 0 Å². The normalized spacial score (nSPS) is 18.2. The first-order chi connectivity index (χ1) is 14.2. The van der Waals surface area contributed by atoms with E-state index in [2.05, 4.69) is 22.0 Å². The van der Waals surface area contributed by atoms with E-state index < -0.39 is 0 Å². The van der Waals surface area contributed by atoms with E-state index in [0.29, 0.717) is 25.4 Å². The highest BCUT2D eigenvalue weighted by molar-refractivity contribution is 6.00. The van der Waals surface area contributed by atoms with Gasteiger partial charge in [-0.15, -0.1) is 0 Å². The second kappa shape index (κ2) is 9.09. The number of urea groups is 1. The van der Waals surface area contributed by atoms with Crippen molar-refractivity contribution >= 4 is 23.3 Å². The topological polar surface area (TPSA) is 73.5 Å². The van der Waals surface area contributed by atoms with Crippen LogP contribution >= 0.6 is 0 Å². The fourth-order valence-corrected chi connectivity index (χ4v) is 4.19. The van der Waals surface area contributed by atoms with Crippen LogP contribution in [0.3, 0.4) is 0 Å². The van der Waals surface area contributed by atoms with Crippen LogP contribution in [0.2, 0.25) is 0 Å². The molecule has 1 fully saturated rings. The predicted molar refractivity (Wildman–Crippen MR) is 115 cm³/mol. The van der Waals surface area contributed by atoms with Crippen LogP contribution in [0.15, 0.2) is 48.5 Å². The lowest BCUT2D eigenvalue weighted by atomic mass is 9.96. The van der Waals surface area contributed by atoms with Gasteiger partial charge in [-0.05, 0) is 67.6 Å². The average molecular weight is 393 g/mol. The number of fused-ring (bicyclic) bond motifs is 1. The summed E-state index contributed by atoms with van der Waals surface area (Å²) < 4.78 is 0. The van der Waals surface area contributed by atoms with Crippen molar-refractivity contribution < 1.29 is 9.59 Å². The Morgan fingerprint density at radius 1 is 1.07 bits per heavy atom. The Bertz CT molecular complexity index is 862. The maximum absolute atomic E-state index is 12.7. The highest BCUT2D eigenvalue weighted by Gasteiger charge is 2.24. The molecule has 152 valence electrons. The minimum Gasteiger partial charge on any atom is -0.338 e. The van der Waals surface area contributed by atoms with Gasteiger partial charge in [0.1, 0.15) is 0 Å². The van der Waals surface area contributed by atoms with Gasteiger partial charge >= 0.3 is 6.03 Å². The molecule has 29 heavy (non-hydrogen) atoms. The summed E-state index contributed by atoms with van der Waals surface area (Å²) in [6.07, 6.45) is 3.53. The van der Waals surface area contributed by atoms with Gasteiger partial charge in [-0.25, -0.2) is 4.79 Å². The van der Waals surface area contributed by atoms with Gasteiger partial charge in [-0.3, -0.25) is 4.79 Å². The molecule has 2 aromatic carbocycles. The lowest BCUT2D eigenvalue weighted by Crippen LogP contribution is -2.36. The van der Waals surface area contributed by atoms with Gasteiger partial charge in [0.25, 0.3) is 0 Å². The lowest BCUT2D eigenvalue weighted by molar-refractivity contribution is -0.132. The van der Waals surface area contributed by atoms with Crippen molar-refractivity contribution in [3.8, 4) is 0 Å². The molecule has 1 atom stereocenters. The van der Waals surface area contributed by atoms with Gasteiger partial charge in [0.2, 0.25) is 5.91 Å². The number of nitrogens with one attached hydrogen (secondary N) is 3. The molecule has 3 N–H and O–H groups in total. The number of benzene rings is 2. The van der Waals surface area contributed by atoms with Crippen molar-refractivity contribution in [2.45, 2.75) is 32.2 Å². The second-order valence-electron chi connectivity index (χ2n) is 7.85. The summed E-state index contributed by atoms with van der Waals surface area (Å²) in [5.74, 6) is 0.873. The monoisotopic (exact) mass is 392 g/mol. The molecule has 0 aliphatic carbocycles. The zero-order chi connectivity index (χ0) is 20.1. The molecule has 2 aliphatic heterocycles. The van der Waals surface area contributed by atoms with Gasteiger partial charge in [-0.2, -0.15) is 0 Å². The third-order valence-corrected chi connectivity index (χ3v) is 5.83. The number of carbonyl (C=O) groups excluding carboxylic acids is 2. The number of amides is 3. The molecular weight excluding hydrogens is 364 g/mol. The van der Waals surface area contributed by atoms with Gasteiger partial charge in [0, 0.05) is 30.9 Å². The molecule has 4 rings (SSSR count). The van der Waals surface area contributed by atoms with Crippen LogP contribution in [-0.2, 0) is 17.8 Å². The van der Waals surface area contributed by atoms with Crippen molar-refractivity contribution in [2.24, 2.45) is 5.92 Å². The zero-order valence-electron chi connectivity index (χ0n) is 16.6. The van der Waals surface area contributed by atoms with Crippen LogP contribution in [0.1, 0.15) is 30.4 Å². The van der Waals surface area contributed by atoms with Crippen molar-refractivity contribution in [3.05, 3.63) is 59.7 Å². The maximum Gasteiger partial charge on any atom is 0.323 e. The molecule has 2 aromatic rings. The molecule has 6 nitrogen and oxygen atoms in total. The molecule has 0 bridgehead atoms. The number of anilines is 2. The van der Waals surface area contributed by atoms with Crippen LogP contribution in [0.4, 0.5) is 16.2 Å². The number of para-hydroxylation sites is 1. The lowest BCUT2D eigenvalue weighted by Gasteiger charge is -2.30. The van der Waals surface area contributed by atoms with Crippen LogP contribution in [0, 0.1) is 5.92 Å². The van der Waals surface area contributed by atoms with Crippen LogP contribution in [-0.4, -0.2) is 36.5 Å². The zero-order valence-corrected chi connectivity index (χ0v) is 16.6. The van der Waals surface area contributed by atoms with E-state index in [1.165, 1.54) is 6.42 Å². The first-order valence-corrected chi connectivity index (χ1v) is 10.4. The predicted octanol–water partition coefficient (Wildman–Crippen LogP) is 3.61. The fraction of sp³-hybridized carbons (Fsp3) is 0.391. The largest absolute Gasteiger partial charge is 0.338 e. The molecule has 2 heterocycles. The van der Waals surface area contributed by atoms with Crippen LogP contribution < -0.4 is 16.0 Å². The van der Waals surface area contributed by atoms with Gasteiger partial charge in [0.05, 0.1) is 0 Å². The second-order valence-corrected chi connectivity index (χ2v) is 7.85. The van der Waals surface area contributed by atoms with Crippen LogP contribution in [0.25, 0.3) is 0 Å². The molecule has 1 saturated heterocycles. The minimum absolute atomic E-state index is 0.239. The third kappa shape index (κ3) is 4.95. The van der Waals surface area contributed by atoms with E-state index in [9.17, 15) is 9.59 Å². The summed E-state index contributed by atoms with van der Waals surface area (Å²) in [7, 11) is 0. The molecule has 6 heteroatoms. The van der Waals surface area contributed by atoms with E-state index in [-0.39, 0.29) is 11.9 Å². The molecule has 0 spiro atoms. The highest BCUT2D eigenvalue weighted by atomic mass is 16.2. The SMILES string of the molecule is O=C(Nc1ccccc1)Nc1cccc2c1CCN(C(=O)CCC1CCNC1)C2. The summed E-state index contributed by atoms with van der Waals surface area (Å²) >= 11 is 0. The number of hydrogen-bond acceptors (Lipinski definition) is 3. The van der Waals surface area contributed by atoms with Crippen molar-refractivity contribution in [1.29, 1.82) is 0 Å². The Labute approximate surface area is 171 Å². The van der Waals surface area contributed by atoms with Crippen molar-refractivity contribution in [1.82, 2.24) is 10.2 Å². The van der Waals surface area contributed by atoms with Crippen molar-refractivity contribution in [3.63, 3.8) is 0 Å². The van der Waals surface area contributed by atoms with Gasteiger partial charge in [-0.1, -0.05) is 30.3 Å². The molecule has 0 radical (unpaired) electrons. The fourth-order valence-electron chi connectivity index (χ4n) is 4.19. The quantitative estimate of drug-likeness (QED) is 0.728. The summed E-state index contributed by atoms with van der Waals surface area (Å²) in [5.41, 5.74) is 3.81. The first-order valence-electron chi connectivity index (χ1n) is 10.4. The Balaban J connectivity index is 1.35. The number of hydrogen-bond donors (Lipinski definition) is 3. The molecule has 3 amide bonds. The average Bonchev–Trinajstić information content (AvgIpc) is 3.26.